The maximum atomic E-state index is 11.9. The molecule has 1 N–H and O–H groups in total. The number of benzene rings is 1. The maximum absolute atomic E-state index is 11.9. The van der Waals surface area contributed by atoms with Gasteiger partial charge in [0.15, 0.2) is 5.16 Å². The molecule has 0 atom stereocenters. The Balaban J connectivity index is 2.72. The molecule has 0 unspecified atom stereocenters. The highest BCUT2D eigenvalue weighted by Crippen LogP contribution is 2.31. The summed E-state index contributed by atoms with van der Waals surface area (Å²) in [6.07, 6.45) is 1.80. The van der Waals surface area contributed by atoms with Crippen LogP contribution in [-0.4, -0.2) is 23.3 Å². The number of hydrogen-bond acceptors (Lipinski definition) is 5. The van der Waals surface area contributed by atoms with Gasteiger partial charge in [-0.05, 0) is 40.4 Å². The van der Waals surface area contributed by atoms with Crippen LogP contribution in [0.25, 0.3) is 11.3 Å². The molecular formula is C13H10BrN3O2S. The molecule has 0 saturated carbocycles. The van der Waals surface area contributed by atoms with E-state index in [0.29, 0.717) is 26.6 Å². The van der Waals surface area contributed by atoms with Crippen molar-refractivity contribution in [2.45, 2.75) is 5.16 Å². The van der Waals surface area contributed by atoms with E-state index in [1.54, 1.807) is 31.6 Å². The molecule has 2 aromatic rings. The molecule has 2 rings (SSSR count). The van der Waals surface area contributed by atoms with Gasteiger partial charge in [0.1, 0.15) is 17.4 Å². The summed E-state index contributed by atoms with van der Waals surface area (Å²) in [5, 5.41) is 9.62. The van der Waals surface area contributed by atoms with Crippen molar-refractivity contribution in [3.63, 3.8) is 0 Å². The summed E-state index contributed by atoms with van der Waals surface area (Å²) in [6, 6.07) is 7.18. The van der Waals surface area contributed by atoms with Gasteiger partial charge in [-0.2, -0.15) is 5.26 Å². The van der Waals surface area contributed by atoms with Crippen LogP contribution in [0.15, 0.2) is 32.6 Å². The van der Waals surface area contributed by atoms with E-state index in [9.17, 15) is 4.79 Å². The van der Waals surface area contributed by atoms with E-state index in [0.717, 1.165) is 0 Å². The zero-order valence-corrected chi connectivity index (χ0v) is 13.1. The second kappa shape index (κ2) is 6.11. The fourth-order valence-corrected chi connectivity index (χ4v) is 2.59. The van der Waals surface area contributed by atoms with Crippen molar-refractivity contribution >= 4 is 27.7 Å². The summed E-state index contributed by atoms with van der Waals surface area (Å²) in [6.45, 7) is 0. The third-order valence-electron chi connectivity index (χ3n) is 2.63. The summed E-state index contributed by atoms with van der Waals surface area (Å²) in [4.78, 5) is 18.8. The Morgan fingerprint density at radius 2 is 2.25 bits per heavy atom. The number of hydrogen-bond donors (Lipinski definition) is 1. The van der Waals surface area contributed by atoms with Crippen molar-refractivity contribution < 1.29 is 4.74 Å². The number of aromatic nitrogens is 2. The van der Waals surface area contributed by atoms with Crippen LogP contribution in [0.4, 0.5) is 0 Å². The Morgan fingerprint density at radius 3 is 2.80 bits per heavy atom. The number of nitrogens with one attached hydrogen (secondary N) is 1. The van der Waals surface area contributed by atoms with Crippen LogP contribution in [0.3, 0.4) is 0 Å². The molecule has 0 saturated heterocycles. The number of ether oxygens (including phenoxy) is 1. The first kappa shape index (κ1) is 14.6. The van der Waals surface area contributed by atoms with Crippen molar-refractivity contribution in [2.24, 2.45) is 0 Å². The van der Waals surface area contributed by atoms with E-state index in [-0.39, 0.29) is 5.56 Å². The Kier molecular flexibility index (Phi) is 4.47. The van der Waals surface area contributed by atoms with Crippen molar-refractivity contribution in [1.29, 1.82) is 5.26 Å². The van der Waals surface area contributed by atoms with Crippen LogP contribution in [-0.2, 0) is 0 Å². The minimum atomic E-state index is -0.440. The first-order valence-corrected chi connectivity index (χ1v) is 7.54. The largest absolute Gasteiger partial charge is 0.497 e. The normalized spacial score (nSPS) is 10.1. The second-order valence-electron chi connectivity index (χ2n) is 3.76. The average molecular weight is 352 g/mol. The molecule has 0 aliphatic carbocycles. The molecule has 102 valence electrons. The van der Waals surface area contributed by atoms with Crippen LogP contribution in [0.5, 0.6) is 5.75 Å². The maximum Gasteiger partial charge on any atom is 0.270 e. The van der Waals surface area contributed by atoms with Crippen molar-refractivity contribution in [3.05, 3.63) is 38.6 Å². The van der Waals surface area contributed by atoms with Crippen LogP contribution < -0.4 is 10.3 Å². The van der Waals surface area contributed by atoms with Gasteiger partial charge in [0.2, 0.25) is 0 Å². The highest BCUT2D eigenvalue weighted by Gasteiger charge is 2.15. The summed E-state index contributed by atoms with van der Waals surface area (Å²) in [7, 11) is 1.57. The van der Waals surface area contributed by atoms with Gasteiger partial charge in [0.05, 0.1) is 12.8 Å². The minimum absolute atomic E-state index is 0.00586. The monoisotopic (exact) mass is 351 g/mol. The van der Waals surface area contributed by atoms with Crippen molar-refractivity contribution in [2.75, 3.05) is 13.4 Å². The Morgan fingerprint density at radius 1 is 1.50 bits per heavy atom. The number of nitriles is 1. The van der Waals surface area contributed by atoms with Gasteiger partial charge in [-0.15, -0.1) is 0 Å². The lowest BCUT2D eigenvalue weighted by atomic mass is 10.1. The minimum Gasteiger partial charge on any atom is -0.497 e. The molecule has 1 aromatic heterocycles. The summed E-state index contributed by atoms with van der Waals surface area (Å²) in [5.41, 5.74) is 0.581. The van der Waals surface area contributed by atoms with Crippen LogP contribution in [0.2, 0.25) is 0 Å². The third kappa shape index (κ3) is 2.71. The molecule has 0 spiro atoms. The SMILES string of the molecule is COc1ccc(-c2nc(SC)[nH]c(=O)c2C#N)c(Br)c1. The van der Waals surface area contributed by atoms with Gasteiger partial charge in [-0.1, -0.05) is 11.8 Å². The number of rotatable bonds is 3. The Labute approximate surface area is 128 Å². The molecule has 1 heterocycles. The predicted octanol–water partition coefficient (Wildman–Crippen LogP) is 2.80. The molecule has 0 fully saturated rings. The number of aromatic amines is 1. The van der Waals surface area contributed by atoms with Crippen molar-refractivity contribution in [1.82, 2.24) is 9.97 Å². The number of methoxy groups -OCH3 is 1. The lowest BCUT2D eigenvalue weighted by Gasteiger charge is -2.08. The van der Waals surface area contributed by atoms with Gasteiger partial charge in [-0.25, -0.2) is 4.98 Å². The number of nitrogens with zero attached hydrogens (tertiary/aromatic N) is 2. The van der Waals surface area contributed by atoms with Gasteiger partial charge in [0.25, 0.3) is 5.56 Å². The molecule has 1 aromatic carbocycles. The zero-order chi connectivity index (χ0) is 14.7. The van der Waals surface area contributed by atoms with E-state index in [1.165, 1.54) is 11.8 Å². The van der Waals surface area contributed by atoms with Crippen LogP contribution in [0, 0.1) is 11.3 Å². The van der Waals surface area contributed by atoms with E-state index < -0.39 is 5.56 Å². The molecule has 0 aliphatic heterocycles. The quantitative estimate of drug-likeness (QED) is 0.679. The highest BCUT2D eigenvalue weighted by molar-refractivity contribution is 9.10. The Hall–Kier alpha value is -1.78. The second-order valence-corrected chi connectivity index (χ2v) is 5.41. The predicted molar refractivity (Wildman–Crippen MR) is 81.0 cm³/mol. The van der Waals surface area contributed by atoms with E-state index in [4.69, 9.17) is 10.00 Å². The lowest BCUT2D eigenvalue weighted by molar-refractivity contribution is 0.414. The summed E-state index contributed by atoms with van der Waals surface area (Å²) >= 11 is 4.72. The first-order valence-electron chi connectivity index (χ1n) is 5.53. The number of thioether (sulfide) groups is 1. The first-order chi connectivity index (χ1) is 9.60. The fourth-order valence-electron chi connectivity index (χ4n) is 1.66. The van der Waals surface area contributed by atoms with E-state index >= 15 is 0 Å². The van der Waals surface area contributed by atoms with Crippen molar-refractivity contribution in [3.8, 4) is 23.1 Å². The average Bonchev–Trinajstić information content (AvgIpc) is 2.46. The summed E-state index contributed by atoms with van der Waals surface area (Å²) < 4.78 is 5.83. The van der Waals surface area contributed by atoms with Gasteiger partial charge in [0, 0.05) is 10.0 Å². The molecule has 5 nitrogen and oxygen atoms in total. The third-order valence-corrected chi connectivity index (χ3v) is 3.87. The smallest absolute Gasteiger partial charge is 0.270 e. The van der Waals surface area contributed by atoms with Gasteiger partial charge in [-0.3, -0.25) is 4.79 Å². The molecule has 0 aliphatic rings. The van der Waals surface area contributed by atoms with Gasteiger partial charge >= 0.3 is 0 Å². The standard InChI is InChI=1S/C13H10BrN3O2S/c1-19-7-3-4-8(10(14)5-7)11-9(6-15)12(18)17-13(16-11)20-2/h3-5H,1-2H3,(H,16,17,18). The zero-order valence-electron chi connectivity index (χ0n) is 10.7. The van der Waals surface area contributed by atoms with E-state index in [1.807, 2.05) is 6.07 Å². The van der Waals surface area contributed by atoms with Gasteiger partial charge < -0.3 is 9.72 Å². The number of H-pyrrole nitrogens is 1. The fraction of sp³-hybridized carbons (Fsp3) is 0.154. The summed E-state index contributed by atoms with van der Waals surface area (Å²) in [5.74, 6) is 0.675. The highest BCUT2D eigenvalue weighted by atomic mass is 79.9. The van der Waals surface area contributed by atoms with Crippen LogP contribution >= 0.6 is 27.7 Å². The lowest BCUT2D eigenvalue weighted by Crippen LogP contribution is -2.14. The topological polar surface area (TPSA) is 78.8 Å². The molecule has 0 radical (unpaired) electrons. The molecule has 7 heteroatoms. The molecule has 20 heavy (non-hydrogen) atoms. The molecular weight excluding hydrogens is 342 g/mol. The van der Waals surface area contributed by atoms with E-state index in [2.05, 4.69) is 25.9 Å². The molecule has 0 bridgehead atoms. The van der Waals surface area contributed by atoms with Crippen LogP contribution in [0.1, 0.15) is 5.56 Å². The molecule has 0 amide bonds. The number of halogens is 1. The Bertz CT molecular complexity index is 752.